The summed E-state index contributed by atoms with van der Waals surface area (Å²) in [5, 5.41) is 17.4. The summed E-state index contributed by atoms with van der Waals surface area (Å²) in [6.07, 6.45) is 2.16. The molecule has 7 heteroatoms. The average molecular weight is 359 g/mol. The molecule has 1 saturated heterocycles. The lowest BCUT2D eigenvalue weighted by molar-refractivity contribution is -0.0271. The van der Waals surface area contributed by atoms with Crippen molar-refractivity contribution in [3.05, 3.63) is 41.7 Å². The Labute approximate surface area is 152 Å². The smallest absolute Gasteiger partial charge is 0.274 e. The van der Waals surface area contributed by atoms with E-state index in [4.69, 9.17) is 9.47 Å². The number of β-amino-alcohol motifs (C(OH)–C–C–N with tert-alkyl or cyclic N) is 1. The van der Waals surface area contributed by atoms with Crippen LogP contribution < -0.4 is 9.47 Å². The molecule has 0 unspecified atom stereocenters. The molecule has 1 aliphatic heterocycles. The Morgan fingerprint density at radius 3 is 2.88 bits per heavy atom. The quantitative estimate of drug-likeness (QED) is 0.827. The molecule has 1 aromatic carbocycles. The molecular formula is C19H25N3O4. The minimum Gasteiger partial charge on any atom is -0.493 e. The van der Waals surface area contributed by atoms with Crippen LogP contribution >= 0.6 is 0 Å². The van der Waals surface area contributed by atoms with Crippen molar-refractivity contribution in [2.75, 3.05) is 20.2 Å². The second kappa shape index (κ2) is 7.78. The monoisotopic (exact) mass is 359 g/mol. The fourth-order valence-electron chi connectivity index (χ4n) is 3.17. The van der Waals surface area contributed by atoms with Crippen LogP contribution in [-0.2, 0) is 6.61 Å². The molecular weight excluding hydrogens is 334 g/mol. The number of likely N-dealkylation sites (tertiary alicyclic amines) is 1. The van der Waals surface area contributed by atoms with E-state index in [0.717, 1.165) is 12.8 Å². The summed E-state index contributed by atoms with van der Waals surface area (Å²) in [6.45, 7) is 3.18. The molecule has 2 heterocycles. The number of para-hydroxylation sites is 2. The molecule has 0 bridgehead atoms. The SMILES string of the molecule is CC[C@]1(O)CCCN(C(=O)c2cc(COc3ccccc3OC)[nH]n2)C1. The van der Waals surface area contributed by atoms with Crippen molar-refractivity contribution in [2.45, 2.75) is 38.4 Å². The Balaban J connectivity index is 1.63. The molecule has 7 nitrogen and oxygen atoms in total. The topological polar surface area (TPSA) is 87.7 Å². The Kier molecular flexibility index (Phi) is 5.46. The van der Waals surface area contributed by atoms with Gasteiger partial charge in [0.05, 0.1) is 18.4 Å². The number of aliphatic hydroxyl groups is 1. The normalized spacial score (nSPS) is 20.0. The molecule has 1 atom stereocenters. The van der Waals surface area contributed by atoms with Crippen LogP contribution in [0.15, 0.2) is 30.3 Å². The molecule has 0 radical (unpaired) electrons. The predicted octanol–water partition coefficient (Wildman–Crippen LogP) is 2.37. The standard InChI is InChI=1S/C19H25N3O4/c1-3-19(24)9-6-10-22(13-19)18(23)15-11-14(20-21-15)12-26-17-8-5-4-7-16(17)25-2/h4-5,7-8,11,24H,3,6,9-10,12-13H2,1-2H3,(H,20,21)/t19-/m0/s1. The van der Waals surface area contributed by atoms with Gasteiger partial charge in [0.2, 0.25) is 0 Å². The van der Waals surface area contributed by atoms with Gasteiger partial charge in [-0.2, -0.15) is 5.10 Å². The number of hydrogen-bond donors (Lipinski definition) is 2. The van der Waals surface area contributed by atoms with Crippen molar-refractivity contribution in [2.24, 2.45) is 0 Å². The summed E-state index contributed by atoms with van der Waals surface area (Å²) in [5.74, 6) is 1.10. The molecule has 26 heavy (non-hydrogen) atoms. The number of H-pyrrole nitrogens is 1. The molecule has 2 N–H and O–H groups in total. The minimum absolute atomic E-state index is 0.170. The number of nitrogens with zero attached hydrogens (tertiary/aromatic N) is 2. The fourth-order valence-corrected chi connectivity index (χ4v) is 3.17. The van der Waals surface area contributed by atoms with Crippen LogP contribution in [0.4, 0.5) is 0 Å². The van der Waals surface area contributed by atoms with E-state index >= 15 is 0 Å². The zero-order valence-corrected chi connectivity index (χ0v) is 15.2. The van der Waals surface area contributed by atoms with E-state index in [-0.39, 0.29) is 12.5 Å². The third-order valence-corrected chi connectivity index (χ3v) is 4.80. The maximum absolute atomic E-state index is 12.7. The maximum atomic E-state index is 12.7. The highest BCUT2D eigenvalue weighted by atomic mass is 16.5. The summed E-state index contributed by atoms with van der Waals surface area (Å²) in [4.78, 5) is 14.3. The molecule has 1 amide bonds. The number of amides is 1. The summed E-state index contributed by atoms with van der Waals surface area (Å²) < 4.78 is 11.0. The van der Waals surface area contributed by atoms with Crippen LogP contribution in [0.5, 0.6) is 11.5 Å². The van der Waals surface area contributed by atoms with Crippen molar-refractivity contribution in [1.29, 1.82) is 0 Å². The van der Waals surface area contributed by atoms with E-state index in [1.807, 2.05) is 31.2 Å². The van der Waals surface area contributed by atoms with E-state index in [9.17, 15) is 9.90 Å². The van der Waals surface area contributed by atoms with Gasteiger partial charge in [0, 0.05) is 13.1 Å². The minimum atomic E-state index is -0.792. The van der Waals surface area contributed by atoms with Crippen LogP contribution in [0.2, 0.25) is 0 Å². The van der Waals surface area contributed by atoms with Gasteiger partial charge in [0.15, 0.2) is 17.2 Å². The van der Waals surface area contributed by atoms with Crippen LogP contribution in [0.3, 0.4) is 0 Å². The number of piperidine rings is 1. The molecule has 1 aliphatic rings. The molecule has 1 fully saturated rings. The Hall–Kier alpha value is -2.54. The first-order valence-electron chi connectivity index (χ1n) is 8.86. The van der Waals surface area contributed by atoms with Crippen molar-refractivity contribution in [1.82, 2.24) is 15.1 Å². The summed E-state index contributed by atoms with van der Waals surface area (Å²) in [7, 11) is 1.59. The fraction of sp³-hybridized carbons (Fsp3) is 0.474. The second-order valence-corrected chi connectivity index (χ2v) is 6.63. The molecule has 0 saturated carbocycles. The zero-order chi connectivity index (χ0) is 18.6. The Bertz CT molecular complexity index is 761. The molecule has 1 aromatic heterocycles. The lowest BCUT2D eigenvalue weighted by Crippen LogP contribution is -2.50. The van der Waals surface area contributed by atoms with Gasteiger partial charge < -0.3 is 19.5 Å². The number of carbonyl (C=O) groups excluding carboxylic acids is 1. The number of benzene rings is 1. The lowest BCUT2D eigenvalue weighted by Gasteiger charge is -2.38. The van der Waals surface area contributed by atoms with Gasteiger partial charge in [0.1, 0.15) is 6.61 Å². The van der Waals surface area contributed by atoms with Gasteiger partial charge in [-0.05, 0) is 37.5 Å². The number of rotatable bonds is 6. The maximum Gasteiger partial charge on any atom is 0.274 e. The van der Waals surface area contributed by atoms with Crippen molar-refractivity contribution in [3.63, 3.8) is 0 Å². The molecule has 0 aliphatic carbocycles. The average Bonchev–Trinajstić information content (AvgIpc) is 3.15. The largest absolute Gasteiger partial charge is 0.493 e. The zero-order valence-electron chi connectivity index (χ0n) is 15.2. The van der Waals surface area contributed by atoms with Gasteiger partial charge in [-0.3, -0.25) is 9.89 Å². The summed E-state index contributed by atoms with van der Waals surface area (Å²) in [6, 6.07) is 9.07. The number of nitrogens with one attached hydrogen (secondary N) is 1. The Morgan fingerprint density at radius 2 is 2.15 bits per heavy atom. The first-order valence-corrected chi connectivity index (χ1v) is 8.86. The highest BCUT2D eigenvalue weighted by Gasteiger charge is 2.34. The van der Waals surface area contributed by atoms with Crippen LogP contribution in [0, 0.1) is 0 Å². The number of carbonyl (C=O) groups is 1. The van der Waals surface area contributed by atoms with E-state index in [1.165, 1.54) is 0 Å². The van der Waals surface area contributed by atoms with E-state index in [1.54, 1.807) is 18.1 Å². The van der Waals surface area contributed by atoms with Crippen LogP contribution in [-0.4, -0.2) is 51.9 Å². The van der Waals surface area contributed by atoms with E-state index in [0.29, 0.717) is 42.4 Å². The van der Waals surface area contributed by atoms with Gasteiger partial charge in [0.25, 0.3) is 5.91 Å². The number of hydrogen-bond acceptors (Lipinski definition) is 5. The van der Waals surface area contributed by atoms with Crippen molar-refractivity contribution in [3.8, 4) is 11.5 Å². The van der Waals surface area contributed by atoms with Crippen molar-refractivity contribution >= 4 is 5.91 Å². The van der Waals surface area contributed by atoms with Crippen LogP contribution in [0.25, 0.3) is 0 Å². The molecule has 140 valence electrons. The predicted molar refractivity (Wildman–Crippen MR) is 96.3 cm³/mol. The lowest BCUT2D eigenvalue weighted by atomic mass is 9.90. The third kappa shape index (κ3) is 3.99. The van der Waals surface area contributed by atoms with E-state index in [2.05, 4.69) is 10.2 Å². The first-order chi connectivity index (χ1) is 12.5. The summed E-state index contributed by atoms with van der Waals surface area (Å²) in [5.41, 5.74) is 0.242. The van der Waals surface area contributed by atoms with Gasteiger partial charge in [-0.25, -0.2) is 0 Å². The number of aromatic nitrogens is 2. The first kappa shape index (κ1) is 18.3. The van der Waals surface area contributed by atoms with Gasteiger partial charge in [-0.15, -0.1) is 0 Å². The Morgan fingerprint density at radius 1 is 1.38 bits per heavy atom. The van der Waals surface area contributed by atoms with Crippen LogP contribution in [0.1, 0.15) is 42.4 Å². The highest BCUT2D eigenvalue weighted by molar-refractivity contribution is 5.92. The molecule has 3 rings (SSSR count). The number of methoxy groups -OCH3 is 1. The second-order valence-electron chi connectivity index (χ2n) is 6.63. The number of aromatic amines is 1. The van der Waals surface area contributed by atoms with Crippen molar-refractivity contribution < 1.29 is 19.4 Å². The van der Waals surface area contributed by atoms with E-state index < -0.39 is 5.60 Å². The van der Waals surface area contributed by atoms with Gasteiger partial charge in [-0.1, -0.05) is 19.1 Å². The molecule has 0 spiro atoms. The van der Waals surface area contributed by atoms with Gasteiger partial charge >= 0.3 is 0 Å². The molecule has 2 aromatic rings. The summed E-state index contributed by atoms with van der Waals surface area (Å²) >= 11 is 0. The third-order valence-electron chi connectivity index (χ3n) is 4.80. The number of ether oxygens (including phenoxy) is 2. The highest BCUT2D eigenvalue weighted by Crippen LogP contribution is 2.27.